The van der Waals surface area contributed by atoms with Crippen LogP contribution in [0.4, 0.5) is 5.69 Å². The van der Waals surface area contributed by atoms with Crippen LogP contribution in [0.1, 0.15) is 10.4 Å². The second-order valence-corrected chi connectivity index (χ2v) is 7.66. The van der Waals surface area contributed by atoms with Crippen LogP contribution in [-0.2, 0) is 14.8 Å². The van der Waals surface area contributed by atoms with Crippen molar-refractivity contribution >= 4 is 33.2 Å². The van der Waals surface area contributed by atoms with E-state index >= 15 is 0 Å². The van der Waals surface area contributed by atoms with E-state index in [0.717, 1.165) is 0 Å². The minimum atomic E-state index is -3.80. The molecule has 1 amide bonds. The smallest absolute Gasteiger partial charge is 0.261 e. The lowest BCUT2D eigenvalue weighted by Crippen LogP contribution is -2.40. The highest BCUT2D eigenvalue weighted by Gasteiger charge is 2.21. The van der Waals surface area contributed by atoms with Gasteiger partial charge in [0.05, 0.1) is 18.1 Å². The van der Waals surface area contributed by atoms with E-state index in [1.54, 1.807) is 41.3 Å². The largest absolute Gasteiger partial charge is 0.378 e. The van der Waals surface area contributed by atoms with Crippen molar-refractivity contribution in [1.82, 2.24) is 4.90 Å². The Kier molecular flexibility index (Phi) is 5.27. The number of carbonyl (C=O) groups is 1. The van der Waals surface area contributed by atoms with E-state index < -0.39 is 10.0 Å². The van der Waals surface area contributed by atoms with Gasteiger partial charge < -0.3 is 9.64 Å². The molecule has 0 radical (unpaired) electrons. The fourth-order valence-electron chi connectivity index (χ4n) is 2.48. The van der Waals surface area contributed by atoms with Crippen LogP contribution in [0.15, 0.2) is 53.4 Å². The summed E-state index contributed by atoms with van der Waals surface area (Å²) in [4.78, 5) is 14.2. The van der Waals surface area contributed by atoms with Gasteiger partial charge in [-0.1, -0.05) is 17.7 Å². The third kappa shape index (κ3) is 4.31. The number of sulfonamides is 1. The van der Waals surface area contributed by atoms with E-state index in [9.17, 15) is 13.2 Å². The van der Waals surface area contributed by atoms with Gasteiger partial charge in [-0.15, -0.1) is 0 Å². The number of anilines is 1. The number of morpholine rings is 1. The average Bonchev–Trinajstić information content (AvgIpc) is 2.64. The molecule has 2 aromatic rings. The molecule has 25 heavy (non-hydrogen) atoms. The van der Waals surface area contributed by atoms with Crippen LogP contribution in [0.2, 0.25) is 5.02 Å². The molecule has 6 nitrogen and oxygen atoms in total. The molecule has 1 N–H and O–H groups in total. The summed E-state index contributed by atoms with van der Waals surface area (Å²) in [5.41, 5.74) is 0.732. The lowest BCUT2D eigenvalue weighted by molar-refractivity contribution is 0.0302. The fourth-order valence-corrected chi connectivity index (χ4v) is 3.71. The van der Waals surface area contributed by atoms with Crippen molar-refractivity contribution in [1.29, 1.82) is 0 Å². The highest BCUT2D eigenvalue weighted by atomic mass is 35.5. The number of amides is 1. The average molecular weight is 381 g/mol. The highest BCUT2D eigenvalue weighted by molar-refractivity contribution is 7.92. The van der Waals surface area contributed by atoms with Crippen LogP contribution in [0.3, 0.4) is 0 Å². The maximum Gasteiger partial charge on any atom is 0.261 e. The van der Waals surface area contributed by atoms with Crippen LogP contribution < -0.4 is 4.72 Å². The molecule has 8 heteroatoms. The number of hydrogen-bond acceptors (Lipinski definition) is 4. The fraction of sp³-hybridized carbons (Fsp3) is 0.235. The van der Waals surface area contributed by atoms with E-state index in [1.807, 2.05) is 0 Å². The molecule has 0 unspecified atom stereocenters. The van der Waals surface area contributed by atoms with Crippen molar-refractivity contribution in [2.24, 2.45) is 0 Å². The van der Waals surface area contributed by atoms with Crippen molar-refractivity contribution < 1.29 is 17.9 Å². The SMILES string of the molecule is O=C(c1cccc(S(=O)(=O)Nc2ccc(Cl)cc2)c1)N1CCOCC1. The lowest BCUT2D eigenvalue weighted by Gasteiger charge is -2.27. The zero-order valence-corrected chi connectivity index (χ0v) is 14.9. The topological polar surface area (TPSA) is 75.7 Å². The molecule has 0 bridgehead atoms. The summed E-state index contributed by atoms with van der Waals surface area (Å²) in [6, 6.07) is 12.3. The monoisotopic (exact) mass is 380 g/mol. The lowest BCUT2D eigenvalue weighted by atomic mass is 10.2. The van der Waals surface area contributed by atoms with E-state index in [1.165, 1.54) is 12.1 Å². The van der Waals surface area contributed by atoms with Gasteiger partial charge in [0.2, 0.25) is 0 Å². The molecule has 1 aliphatic rings. The zero-order valence-electron chi connectivity index (χ0n) is 13.3. The molecule has 1 saturated heterocycles. The van der Waals surface area contributed by atoms with Crippen LogP contribution in [-0.4, -0.2) is 45.5 Å². The molecular weight excluding hydrogens is 364 g/mol. The highest BCUT2D eigenvalue weighted by Crippen LogP contribution is 2.20. The van der Waals surface area contributed by atoms with Gasteiger partial charge in [-0.25, -0.2) is 8.42 Å². The van der Waals surface area contributed by atoms with Gasteiger partial charge in [0.25, 0.3) is 15.9 Å². The third-order valence-corrected chi connectivity index (χ3v) is 5.42. The van der Waals surface area contributed by atoms with Gasteiger partial charge >= 0.3 is 0 Å². The summed E-state index contributed by atoms with van der Waals surface area (Å²) in [5, 5.41) is 0.515. The van der Waals surface area contributed by atoms with E-state index in [-0.39, 0.29) is 10.8 Å². The second kappa shape index (κ2) is 7.43. The Hall–Kier alpha value is -2.09. The molecule has 1 aliphatic heterocycles. The first-order chi connectivity index (χ1) is 12.0. The van der Waals surface area contributed by atoms with Crippen molar-refractivity contribution in [3.63, 3.8) is 0 Å². The van der Waals surface area contributed by atoms with Gasteiger partial charge in [0.15, 0.2) is 0 Å². The molecule has 3 rings (SSSR count). The van der Waals surface area contributed by atoms with Crippen LogP contribution in [0.5, 0.6) is 0 Å². The first-order valence-electron chi connectivity index (χ1n) is 7.71. The van der Waals surface area contributed by atoms with Gasteiger partial charge in [-0.05, 0) is 42.5 Å². The maximum atomic E-state index is 12.5. The molecular formula is C17H17ClN2O4S. The van der Waals surface area contributed by atoms with Gasteiger partial charge in [-0.3, -0.25) is 9.52 Å². The molecule has 1 fully saturated rings. The van der Waals surface area contributed by atoms with Crippen molar-refractivity contribution in [2.75, 3.05) is 31.0 Å². The summed E-state index contributed by atoms with van der Waals surface area (Å²) in [6.07, 6.45) is 0. The molecule has 1 heterocycles. The number of benzene rings is 2. The Bertz CT molecular complexity index is 862. The Morgan fingerprint density at radius 1 is 1.08 bits per heavy atom. The summed E-state index contributed by atoms with van der Waals surface area (Å²) >= 11 is 5.80. The predicted octanol–water partition coefficient (Wildman–Crippen LogP) is 2.61. The zero-order chi connectivity index (χ0) is 17.9. The molecule has 132 valence electrons. The van der Waals surface area contributed by atoms with Crippen LogP contribution in [0, 0.1) is 0 Å². The summed E-state index contributed by atoms with van der Waals surface area (Å²) in [7, 11) is -3.80. The second-order valence-electron chi connectivity index (χ2n) is 5.54. The number of halogens is 1. The maximum absolute atomic E-state index is 12.5. The summed E-state index contributed by atoms with van der Waals surface area (Å²) in [5.74, 6) is -0.202. The van der Waals surface area contributed by atoms with Gasteiger partial charge in [-0.2, -0.15) is 0 Å². The summed E-state index contributed by atoms with van der Waals surface area (Å²) in [6.45, 7) is 1.97. The standard InChI is InChI=1S/C17H17ClN2O4S/c18-14-4-6-15(7-5-14)19-25(22,23)16-3-1-2-13(12-16)17(21)20-8-10-24-11-9-20/h1-7,12,19H,8-11H2. The molecule has 0 saturated carbocycles. The minimum absolute atomic E-state index is 0.0292. The van der Waals surface area contributed by atoms with Crippen molar-refractivity contribution in [3.05, 3.63) is 59.1 Å². The number of carbonyl (C=O) groups excluding carboxylic acids is 1. The van der Waals surface area contributed by atoms with Crippen molar-refractivity contribution in [2.45, 2.75) is 4.90 Å². The van der Waals surface area contributed by atoms with Crippen molar-refractivity contribution in [3.8, 4) is 0 Å². The predicted molar refractivity (Wildman–Crippen MR) is 95.4 cm³/mol. The number of ether oxygens (including phenoxy) is 1. The number of rotatable bonds is 4. The molecule has 0 atom stereocenters. The molecule has 0 aromatic heterocycles. The van der Waals surface area contributed by atoms with Gasteiger partial charge in [0, 0.05) is 29.4 Å². The first-order valence-corrected chi connectivity index (χ1v) is 9.57. The third-order valence-electron chi connectivity index (χ3n) is 3.79. The minimum Gasteiger partial charge on any atom is -0.378 e. The Morgan fingerprint density at radius 3 is 2.44 bits per heavy atom. The van der Waals surface area contributed by atoms with Gasteiger partial charge in [0.1, 0.15) is 0 Å². The van der Waals surface area contributed by atoms with E-state index in [4.69, 9.17) is 16.3 Å². The normalized spacial score (nSPS) is 15.0. The van der Waals surface area contributed by atoms with Crippen LogP contribution in [0.25, 0.3) is 0 Å². The number of hydrogen-bond donors (Lipinski definition) is 1. The molecule has 0 aliphatic carbocycles. The first kappa shape index (κ1) is 17.7. The van der Waals surface area contributed by atoms with E-state index in [2.05, 4.69) is 4.72 Å². The molecule has 0 spiro atoms. The van der Waals surface area contributed by atoms with E-state index in [0.29, 0.717) is 42.6 Å². The Labute approximate surface area is 151 Å². The Morgan fingerprint density at radius 2 is 1.76 bits per heavy atom. The summed E-state index contributed by atoms with van der Waals surface area (Å²) < 4.78 is 32.8. The number of nitrogens with zero attached hydrogens (tertiary/aromatic N) is 1. The quantitative estimate of drug-likeness (QED) is 0.884. The van der Waals surface area contributed by atoms with Crippen LogP contribution >= 0.6 is 11.6 Å². The molecule has 2 aromatic carbocycles. The number of nitrogens with one attached hydrogen (secondary N) is 1. The Balaban J connectivity index is 1.82.